The van der Waals surface area contributed by atoms with E-state index >= 15 is 0 Å². The predicted molar refractivity (Wildman–Crippen MR) is 88.4 cm³/mol. The van der Waals surface area contributed by atoms with E-state index in [-0.39, 0.29) is 24.0 Å². The molecule has 0 fully saturated rings. The molecule has 102 valence electrons. The van der Waals surface area contributed by atoms with Crippen LogP contribution < -0.4 is 10.6 Å². The third-order valence-corrected chi connectivity index (χ3v) is 2.39. The number of rotatable bonds is 8. The number of hydrogen-bond donors (Lipinski definition) is 2. The zero-order chi connectivity index (χ0) is 12.1. The smallest absolute Gasteiger partial charge is 0.190 e. The summed E-state index contributed by atoms with van der Waals surface area (Å²) in [6, 6.07) is 0. The second-order valence-electron chi connectivity index (χ2n) is 3.84. The van der Waals surface area contributed by atoms with Crippen LogP contribution in [0, 0.1) is 0 Å². The van der Waals surface area contributed by atoms with E-state index in [1.54, 1.807) is 0 Å². The van der Waals surface area contributed by atoms with Gasteiger partial charge in [-0.3, -0.25) is 4.99 Å². The van der Waals surface area contributed by atoms with Gasteiger partial charge in [-0.15, -0.1) is 24.0 Å². The largest absolute Gasteiger partial charge is 0.356 e. The third kappa shape index (κ3) is 13.7. The van der Waals surface area contributed by atoms with E-state index in [1.807, 2.05) is 14.0 Å². The highest BCUT2D eigenvalue weighted by Gasteiger charge is 1.94. The first-order chi connectivity index (χ1) is 7.85. The zero-order valence-corrected chi connectivity index (χ0v) is 13.8. The number of nitrogens with one attached hydrogen (secondary N) is 2. The number of aliphatic imine (C=N–C) groups is 1. The molecule has 0 heterocycles. The zero-order valence-electron chi connectivity index (χ0n) is 11.5. The van der Waals surface area contributed by atoms with E-state index in [2.05, 4.69) is 34.7 Å². The second-order valence-corrected chi connectivity index (χ2v) is 3.84. The average molecular weight is 353 g/mol. The van der Waals surface area contributed by atoms with Crippen LogP contribution in [0.15, 0.2) is 17.1 Å². The molecule has 0 saturated heterocycles. The summed E-state index contributed by atoms with van der Waals surface area (Å²) in [5.41, 5.74) is 0. The lowest BCUT2D eigenvalue weighted by Crippen LogP contribution is -2.38. The van der Waals surface area contributed by atoms with Crippen molar-refractivity contribution in [3.63, 3.8) is 0 Å². The second kappa shape index (κ2) is 15.7. The van der Waals surface area contributed by atoms with Crippen molar-refractivity contribution in [2.45, 2.75) is 46.0 Å². The topological polar surface area (TPSA) is 36.4 Å². The monoisotopic (exact) mass is 353 g/mol. The summed E-state index contributed by atoms with van der Waals surface area (Å²) in [5.74, 6) is 0.918. The van der Waals surface area contributed by atoms with Crippen LogP contribution in [0.4, 0.5) is 0 Å². The molecule has 0 radical (unpaired) electrons. The number of nitrogens with zero attached hydrogens (tertiary/aromatic N) is 1. The van der Waals surface area contributed by atoms with Gasteiger partial charge in [0.15, 0.2) is 5.96 Å². The number of hydrogen-bond acceptors (Lipinski definition) is 1. The molecule has 2 N–H and O–H groups in total. The van der Waals surface area contributed by atoms with Gasteiger partial charge < -0.3 is 10.6 Å². The summed E-state index contributed by atoms with van der Waals surface area (Å²) >= 11 is 0. The van der Waals surface area contributed by atoms with Crippen LogP contribution in [0.3, 0.4) is 0 Å². The Morgan fingerprint density at radius 2 is 1.82 bits per heavy atom. The molecule has 0 aliphatic heterocycles. The van der Waals surface area contributed by atoms with Crippen molar-refractivity contribution < 1.29 is 0 Å². The Balaban J connectivity index is 0. The van der Waals surface area contributed by atoms with E-state index in [0.29, 0.717) is 0 Å². The minimum atomic E-state index is 0. The minimum absolute atomic E-state index is 0. The highest BCUT2D eigenvalue weighted by molar-refractivity contribution is 14.0. The van der Waals surface area contributed by atoms with Crippen molar-refractivity contribution in [3.05, 3.63) is 12.2 Å². The Labute approximate surface area is 124 Å². The van der Waals surface area contributed by atoms with Crippen LogP contribution in [-0.2, 0) is 0 Å². The minimum Gasteiger partial charge on any atom is -0.356 e. The van der Waals surface area contributed by atoms with E-state index in [4.69, 9.17) is 0 Å². The summed E-state index contributed by atoms with van der Waals surface area (Å²) in [6.45, 7) is 6.23. The van der Waals surface area contributed by atoms with Gasteiger partial charge in [0, 0.05) is 20.1 Å². The van der Waals surface area contributed by atoms with Crippen molar-refractivity contribution in [1.29, 1.82) is 0 Å². The molecule has 0 aromatic rings. The first-order valence-electron chi connectivity index (χ1n) is 6.40. The van der Waals surface area contributed by atoms with Crippen LogP contribution in [0.25, 0.3) is 0 Å². The van der Waals surface area contributed by atoms with Gasteiger partial charge in [-0.05, 0) is 19.8 Å². The molecule has 0 atom stereocenters. The first-order valence-corrected chi connectivity index (χ1v) is 6.40. The number of guanidine groups is 1. The fourth-order valence-electron chi connectivity index (χ4n) is 1.42. The molecule has 0 aromatic heterocycles. The van der Waals surface area contributed by atoms with Gasteiger partial charge in [-0.1, -0.05) is 38.3 Å². The maximum absolute atomic E-state index is 4.17. The molecule has 0 aliphatic rings. The van der Waals surface area contributed by atoms with Gasteiger partial charge in [0.1, 0.15) is 0 Å². The highest BCUT2D eigenvalue weighted by Crippen LogP contribution is 1.96. The molecule has 0 amide bonds. The number of halogens is 1. The van der Waals surface area contributed by atoms with E-state index in [1.165, 1.54) is 25.7 Å². The lowest BCUT2D eigenvalue weighted by Gasteiger charge is -2.10. The Hall–Kier alpha value is -0.260. The summed E-state index contributed by atoms with van der Waals surface area (Å²) < 4.78 is 0. The van der Waals surface area contributed by atoms with Gasteiger partial charge >= 0.3 is 0 Å². The van der Waals surface area contributed by atoms with Crippen LogP contribution in [0.1, 0.15) is 46.0 Å². The van der Waals surface area contributed by atoms with E-state index in [0.717, 1.165) is 25.5 Å². The van der Waals surface area contributed by atoms with Crippen LogP contribution in [0.2, 0.25) is 0 Å². The molecule has 17 heavy (non-hydrogen) atoms. The van der Waals surface area contributed by atoms with Gasteiger partial charge in [-0.25, -0.2) is 0 Å². The van der Waals surface area contributed by atoms with Crippen molar-refractivity contribution in [2.24, 2.45) is 4.99 Å². The number of allylic oxidation sites excluding steroid dienone is 1. The molecule has 0 unspecified atom stereocenters. The molecule has 0 bridgehead atoms. The number of unbranched alkanes of at least 4 members (excludes halogenated alkanes) is 3. The summed E-state index contributed by atoms with van der Waals surface area (Å²) in [4.78, 5) is 4.17. The van der Waals surface area contributed by atoms with Crippen LogP contribution in [-0.4, -0.2) is 26.1 Å². The molecular weight excluding hydrogens is 325 g/mol. The maximum atomic E-state index is 4.17. The van der Waals surface area contributed by atoms with Crippen molar-refractivity contribution in [2.75, 3.05) is 20.1 Å². The van der Waals surface area contributed by atoms with Crippen LogP contribution in [0.5, 0.6) is 0 Å². The maximum Gasteiger partial charge on any atom is 0.190 e. The molecule has 4 heteroatoms. The first kappa shape index (κ1) is 19.1. The quantitative estimate of drug-likeness (QED) is 0.231. The fraction of sp³-hybridized carbons (Fsp3) is 0.769. The average Bonchev–Trinajstić information content (AvgIpc) is 2.31. The SMILES string of the molecule is C/C=C/CCNC(=NC)NCCCCCC.I. The standard InChI is InChI=1S/C13H27N3.HI/c1-4-6-8-10-12-16-13(14-3)15-11-9-7-5-2;/h5,7H,4,6,8-12H2,1-3H3,(H2,14,15,16);1H/b7-5+;. The van der Waals surface area contributed by atoms with Crippen molar-refractivity contribution in [1.82, 2.24) is 10.6 Å². The Kier molecular flexibility index (Phi) is 17.7. The molecule has 0 aliphatic carbocycles. The normalized spacial score (nSPS) is 11.4. The molecular formula is C13H28IN3. The van der Waals surface area contributed by atoms with E-state index < -0.39 is 0 Å². The highest BCUT2D eigenvalue weighted by atomic mass is 127. The molecule has 3 nitrogen and oxygen atoms in total. The summed E-state index contributed by atoms with van der Waals surface area (Å²) in [5, 5.41) is 6.60. The molecule has 0 aromatic carbocycles. The van der Waals surface area contributed by atoms with Gasteiger partial charge in [0.2, 0.25) is 0 Å². The fourth-order valence-corrected chi connectivity index (χ4v) is 1.42. The predicted octanol–water partition coefficient (Wildman–Crippen LogP) is 3.32. The third-order valence-electron chi connectivity index (χ3n) is 2.39. The molecule has 0 spiro atoms. The molecule has 0 rings (SSSR count). The Morgan fingerprint density at radius 1 is 1.12 bits per heavy atom. The molecule has 0 saturated carbocycles. The lowest BCUT2D eigenvalue weighted by atomic mass is 10.2. The summed E-state index contributed by atoms with van der Waals surface area (Å²) in [7, 11) is 1.82. The summed E-state index contributed by atoms with van der Waals surface area (Å²) in [6.07, 6.45) is 10.4. The van der Waals surface area contributed by atoms with E-state index in [9.17, 15) is 0 Å². The van der Waals surface area contributed by atoms with Crippen molar-refractivity contribution in [3.8, 4) is 0 Å². The van der Waals surface area contributed by atoms with Gasteiger partial charge in [-0.2, -0.15) is 0 Å². The Morgan fingerprint density at radius 3 is 2.41 bits per heavy atom. The van der Waals surface area contributed by atoms with Gasteiger partial charge in [0.25, 0.3) is 0 Å². The van der Waals surface area contributed by atoms with Gasteiger partial charge in [0.05, 0.1) is 0 Å². The van der Waals surface area contributed by atoms with Crippen LogP contribution >= 0.6 is 24.0 Å². The van der Waals surface area contributed by atoms with Crippen molar-refractivity contribution >= 4 is 29.9 Å². The lowest BCUT2D eigenvalue weighted by molar-refractivity contribution is 0.647. The Bertz CT molecular complexity index is 203.